The van der Waals surface area contributed by atoms with E-state index in [1.54, 1.807) is 6.07 Å². The lowest BCUT2D eigenvalue weighted by Gasteiger charge is -2.20. The molecule has 1 aromatic carbocycles. The summed E-state index contributed by atoms with van der Waals surface area (Å²) in [6.07, 6.45) is 2.89. The fourth-order valence-corrected chi connectivity index (χ4v) is 2.80. The van der Waals surface area contributed by atoms with Gasteiger partial charge < -0.3 is 14.7 Å². The maximum absolute atomic E-state index is 11.6. The number of fused-ring (bicyclic) bond motifs is 1. The van der Waals surface area contributed by atoms with Gasteiger partial charge >= 0.3 is 5.97 Å². The van der Waals surface area contributed by atoms with Crippen LogP contribution >= 0.6 is 0 Å². The average molecular weight is 247 g/mol. The normalized spacial score (nSPS) is 18.2. The van der Waals surface area contributed by atoms with Crippen molar-refractivity contribution in [2.75, 3.05) is 0 Å². The van der Waals surface area contributed by atoms with E-state index in [1.165, 1.54) is 12.1 Å². The number of aromatic nitrogens is 1. The Labute approximate surface area is 103 Å². The molecule has 1 aliphatic carbocycles. The first-order valence-electron chi connectivity index (χ1n) is 5.96. The van der Waals surface area contributed by atoms with Gasteiger partial charge in [-0.05, 0) is 31.0 Å². The Morgan fingerprint density at radius 2 is 2.06 bits per heavy atom. The molecule has 0 bridgehead atoms. The molecule has 0 amide bonds. The van der Waals surface area contributed by atoms with Gasteiger partial charge in [0.15, 0.2) is 5.58 Å². The fourth-order valence-electron chi connectivity index (χ4n) is 2.80. The molecular formula is C13H13NO4. The molecule has 2 N–H and O–H groups in total. The van der Waals surface area contributed by atoms with Crippen molar-refractivity contribution in [3.8, 4) is 5.75 Å². The van der Waals surface area contributed by atoms with Crippen LogP contribution in [-0.2, 0) is 10.2 Å². The maximum Gasteiger partial charge on any atom is 0.315 e. The zero-order valence-corrected chi connectivity index (χ0v) is 9.72. The lowest BCUT2D eigenvalue weighted by atomic mass is 9.81. The second-order valence-corrected chi connectivity index (χ2v) is 4.81. The summed E-state index contributed by atoms with van der Waals surface area (Å²) >= 11 is 0. The number of phenolic OH excluding ortho intramolecular Hbond substituents is 1. The van der Waals surface area contributed by atoms with Crippen LogP contribution in [0.5, 0.6) is 5.75 Å². The summed E-state index contributed by atoms with van der Waals surface area (Å²) in [7, 11) is 0. The monoisotopic (exact) mass is 247 g/mol. The van der Waals surface area contributed by atoms with Gasteiger partial charge in [0.05, 0.1) is 0 Å². The van der Waals surface area contributed by atoms with E-state index in [4.69, 9.17) is 4.52 Å². The van der Waals surface area contributed by atoms with Gasteiger partial charge in [0.25, 0.3) is 0 Å². The first kappa shape index (κ1) is 11.1. The highest BCUT2D eigenvalue weighted by Crippen LogP contribution is 2.43. The van der Waals surface area contributed by atoms with E-state index in [1.807, 2.05) is 0 Å². The minimum atomic E-state index is -0.959. The van der Waals surface area contributed by atoms with Crippen LogP contribution in [0.4, 0.5) is 0 Å². The van der Waals surface area contributed by atoms with Crippen LogP contribution in [0.15, 0.2) is 22.7 Å². The van der Waals surface area contributed by atoms with Gasteiger partial charge in [0.1, 0.15) is 16.9 Å². The predicted molar refractivity (Wildman–Crippen MR) is 63.5 cm³/mol. The first-order valence-corrected chi connectivity index (χ1v) is 5.96. The van der Waals surface area contributed by atoms with Crippen LogP contribution in [0.2, 0.25) is 0 Å². The molecule has 1 fully saturated rings. The number of carboxylic acid groups (broad SMARTS) is 1. The van der Waals surface area contributed by atoms with Crippen molar-refractivity contribution in [2.45, 2.75) is 31.1 Å². The molecule has 18 heavy (non-hydrogen) atoms. The summed E-state index contributed by atoms with van der Waals surface area (Å²) in [5.74, 6) is -0.774. The third-order valence-corrected chi connectivity index (χ3v) is 3.77. The topological polar surface area (TPSA) is 83.6 Å². The molecule has 0 saturated heterocycles. The molecule has 0 unspecified atom stereocenters. The van der Waals surface area contributed by atoms with Crippen molar-refractivity contribution in [2.24, 2.45) is 0 Å². The summed E-state index contributed by atoms with van der Waals surface area (Å²) in [6, 6.07) is 4.62. The van der Waals surface area contributed by atoms with Crippen LogP contribution in [-0.4, -0.2) is 21.3 Å². The molecule has 0 aliphatic heterocycles. The van der Waals surface area contributed by atoms with Crippen molar-refractivity contribution in [1.82, 2.24) is 5.16 Å². The van der Waals surface area contributed by atoms with Crippen molar-refractivity contribution in [1.29, 1.82) is 0 Å². The summed E-state index contributed by atoms with van der Waals surface area (Å²) < 4.78 is 5.17. The molecular weight excluding hydrogens is 234 g/mol. The highest BCUT2D eigenvalue weighted by Gasteiger charge is 2.46. The Balaban J connectivity index is 2.24. The van der Waals surface area contributed by atoms with Crippen molar-refractivity contribution < 1.29 is 19.5 Å². The van der Waals surface area contributed by atoms with Gasteiger partial charge in [-0.15, -0.1) is 0 Å². The van der Waals surface area contributed by atoms with Gasteiger partial charge in [-0.25, -0.2) is 0 Å². The molecule has 1 heterocycles. The Kier molecular flexibility index (Phi) is 2.29. The standard InChI is InChI=1S/C13H13NO4/c15-8-3-4-10-9(7-8)11(14-18-10)13(12(16)17)5-1-2-6-13/h3-4,7,15H,1-2,5-6H2,(H,16,17). The summed E-state index contributed by atoms with van der Waals surface area (Å²) in [5.41, 5.74) is -0.00676. The summed E-state index contributed by atoms with van der Waals surface area (Å²) in [4.78, 5) is 11.6. The van der Waals surface area contributed by atoms with Crippen molar-refractivity contribution in [3.05, 3.63) is 23.9 Å². The molecule has 1 aliphatic rings. The number of hydrogen-bond acceptors (Lipinski definition) is 4. The minimum absolute atomic E-state index is 0.0884. The largest absolute Gasteiger partial charge is 0.508 e. The van der Waals surface area contributed by atoms with Gasteiger partial charge in [-0.1, -0.05) is 18.0 Å². The zero-order chi connectivity index (χ0) is 12.8. The van der Waals surface area contributed by atoms with E-state index in [2.05, 4.69) is 5.16 Å². The quantitative estimate of drug-likeness (QED) is 0.851. The predicted octanol–water partition coefficient (Wildman–Crippen LogP) is 2.43. The molecule has 0 radical (unpaired) electrons. The van der Waals surface area contributed by atoms with E-state index in [-0.39, 0.29) is 5.75 Å². The minimum Gasteiger partial charge on any atom is -0.508 e. The maximum atomic E-state index is 11.6. The smallest absolute Gasteiger partial charge is 0.315 e. The van der Waals surface area contributed by atoms with Crippen LogP contribution in [0.3, 0.4) is 0 Å². The van der Waals surface area contributed by atoms with E-state index in [9.17, 15) is 15.0 Å². The number of aliphatic carboxylic acids is 1. The van der Waals surface area contributed by atoms with Gasteiger partial charge in [0.2, 0.25) is 0 Å². The van der Waals surface area contributed by atoms with E-state index in [0.717, 1.165) is 12.8 Å². The average Bonchev–Trinajstić information content (AvgIpc) is 2.94. The Morgan fingerprint density at radius 1 is 1.33 bits per heavy atom. The zero-order valence-electron chi connectivity index (χ0n) is 9.72. The highest BCUT2D eigenvalue weighted by atomic mass is 16.5. The number of rotatable bonds is 2. The second kappa shape index (κ2) is 3.73. The molecule has 5 heteroatoms. The number of aromatic hydroxyl groups is 1. The van der Waals surface area contributed by atoms with E-state index >= 15 is 0 Å². The molecule has 94 valence electrons. The molecule has 5 nitrogen and oxygen atoms in total. The van der Waals surface area contributed by atoms with Crippen LogP contribution in [0, 0.1) is 0 Å². The lowest BCUT2D eigenvalue weighted by molar-refractivity contribution is -0.143. The second-order valence-electron chi connectivity index (χ2n) is 4.81. The van der Waals surface area contributed by atoms with Gasteiger partial charge in [-0.2, -0.15) is 0 Å². The number of hydrogen-bond donors (Lipinski definition) is 2. The highest BCUT2D eigenvalue weighted by molar-refractivity contribution is 5.90. The van der Waals surface area contributed by atoms with E-state index in [0.29, 0.717) is 29.5 Å². The molecule has 0 atom stereocenters. The molecule has 0 spiro atoms. The van der Waals surface area contributed by atoms with Crippen LogP contribution in [0.1, 0.15) is 31.4 Å². The SMILES string of the molecule is O=C(O)C1(c2noc3ccc(O)cc23)CCCC1. The third-order valence-electron chi connectivity index (χ3n) is 3.77. The lowest BCUT2D eigenvalue weighted by Crippen LogP contribution is -2.33. The van der Waals surface area contributed by atoms with Crippen molar-refractivity contribution >= 4 is 16.9 Å². The summed E-state index contributed by atoms with van der Waals surface area (Å²) in [5, 5.41) is 23.6. The summed E-state index contributed by atoms with van der Waals surface area (Å²) in [6.45, 7) is 0. The number of carboxylic acids is 1. The van der Waals surface area contributed by atoms with E-state index < -0.39 is 11.4 Å². The van der Waals surface area contributed by atoms with Gasteiger partial charge in [-0.3, -0.25) is 4.79 Å². The van der Waals surface area contributed by atoms with Crippen LogP contribution < -0.4 is 0 Å². The number of nitrogens with zero attached hydrogens (tertiary/aromatic N) is 1. The fraction of sp³-hybridized carbons (Fsp3) is 0.385. The number of benzene rings is 1. The number of phenols is 1. The molecule has 2 aromatic rings. The van der Waals surface area contributed by atoms with Crippen molar-refractivity contribution in [3.63, 3.8) is 0 Å². The molecule has 3 rings (SSSR count). The third kappa shape index (κ3) is 1.40. The molecule has 1 aromatic heterocycles. The number of carbonyl (C=O) groups is 1. The molecule has 1 saturated carbocycles. The Bertz CT molecular complexity index is 610. The Morgan fingerprint density at radius 3 is 2.72 bits per heavy atom. The van der Waals surface area contributed by atoms with Crippen LogP contribution in [0.25, 0.3) is 11.0 Å². The van der Waals surface area contributed by atoms with Gasteiger partial charge in [0, 0.05) is 5.39 Å². The Hall–Kier alpha value is -2.04. The first-order chi connectivity index (χ1) is 8.63.